The van der Waals surface area contributed by atoms with Crippen molar-refractivity contribution < 1.29 is 23.6 Å². The van der Waals surface area contributed by atoms with Crippen LogP contribution < -0.4 is 0 Å². The number of H-pyrrole nitrogens is 1. The zero-order chi connectivity index (χ0) is 17.1. The standard InChI is InChI=1S/C14H12FN.2CO2/c1-4-13-9(2)14(10(3)16-13)11-5-7-12(15)8-6-11;2*2-1-3/h1,5-8,16H,2-3H3;;. The molecule has 2 rings (SSSR count). The van der Waals surface area contributed by atoms with E-state index in [-0.39, 0.29) is 18.1 Å². The first kappa shape index (κ1) is 18.8. The van der Waals surface area contributed by atoms with Gasteiger partial charge in [0.05, 0.1) is 5.69 Å². The molecule has 0 saturated carbocycles. The lowest BCUT2D eigenvalue weighted by Gasteiger charge is -2.02. The third kappa shape index (κ3) is 5.03. The number of terminal acetylenes is 1. The van der Waals surface area contributed by atoms with E-state index in [4.69, 9.17) is 25.6 Å². The third-order valence-electron chi connectivity index (χ3n) is 2.71. The average Bonchev–Trinajstić information content (AvgIpc) is 2.76. The Bertz CT molecular complexity index is 715. The minimum Gasteiger partial charge on any atom is -0.351 e. The number of halogens is 1. The molecule has 2 aromatic rings. The topological polar surface area (TPSA) is 84.1 Å². The molecule has 5 nitrogen and oxygen atoms in total. The highest BCUT2D eigenvalue weighted by molar-refractivity contribution is 5.72. The van der Waals surface area contributed by atoms with Crippen molar-refractivity contribution in [1.82, 2.24) is 4.98 Å². The highest BCUT2D eigenvalue weighted by Crippen LogP contribution is 2.29. The van der Waals surface area contributed by atoms with Crippen LogP contribution in [0.4, 0.5) is 4.39 Å². The van der Waals surface area contributed by atoms with Crippen molar-refractivity contribution >= 4 is 12.3 Å². The van der Waals surface area contributed by atoms with Crippen molar-refractivity contribution in [2.24, 2.45) is 0 Å². The van der Waals surface area contributed by atoms with Crippen LogP contribution in [0.3, 0.4) is 0 Å². The fraction of sp³-hybridized carbons (Fsp3) is 0.125. The van der Waals surface area contributed by atoms with Crippen LogP contribution >= 0.6 is 0 Å². The van der Waals surface area contributed by atoms with Crippen molar-refractivity contribution in [2.75, 3.05) is 0 Å². The maximum atomic E-state index is 12.8. The van der Waals surface area contributed by atoms with E-state index in [0.29, 0.717) is 0 Å². The molecule has 22 heavy (non-hydrogen) atoms. The first-order valence-corrected chi connectivity index (χ1v) is 5.87. The van der Waals surface area contributed by atoms with Crippen molar-refractivity contribution in [3.63, 3.8) is 0 Å². The molecule has 1 aromatic carbocycles. The normalized spacial score (nSPS) is 8.09. The summed E-state index contributed by atoms with van der Waals surface area (Å²) in [5, 5.41) is 0. The lowest BCUT2D eigenvalue weighted by molar-refractivity contribution is -0.193. The Labute approximate surface area is 126 Å². The molecule has 0 atom stereocenters. The fourth-order valence-corrected chi connectivity index (χ4v) is 1.94. The van der Waals surface area contributed by atoms with E-state index in [1.165, 1.54) is 12.1 Å². The summed E-state index contributed by atoms with van der Waals surface area (Å²) < 4.78 is 12.8. The lowest BCUT2D eigenvalue weighted by atomic mass is 10.0. The van der Waals surface area contributed by atoms with Crippen LogP contribution in [0.1, 0.15) is 17.0 Å². The van der Waals surface area contributed by atoms with E-state index in [2.05, 4.69) is 10.9 Å². The predicted octanol–water partition coefficient (Wildman–Crippen LogP) is 2.25. The Hall–Kier alpha value is -3.25. The summed E-state index contributed by atoms with van der Waals surface area (Å²) in [6.45, 7) is 3.93. The van der Waals surface area contributed by atoms with Crippen molar-refractivity contribution in [2.45, 2.75) is 13.8 Å². The molecule has 0 spiro atoms. The summed E-state index contributed by atoms with van der Waals surface area (Å²) in [4.78, 5) is 35.6. The Balaban J connectivity index is 0.000000639. The van der Waals surface area contributed by atoms with Gasteiger partial charge in [0, 0.05) is 11.3 Å². The van der Waals surface area contributed by atoms with Crippen LogP contribution in [0.5, 0.6) is 0 Å². The zero-order valence-corrected chi connectivity index (χ0v) is 11.9. The van der Waals surface area contributed by atoms with E-state index in [1.54, 1.807) is 12.1 Å². The Morgan fingerprint density at radius 1 is 1.00 bits per heavy atom. The third-order valence-corrected chi connectivity index (χ3v) is 2.71. The number of aromatic nitrogens is 1. The number of rotatable bonds is 1. The van der Waals surface area contributed by atoms with E-state index >= 15 is 0 Å². The number of hydrogen-bond donors (Lipinski definition) is 1. The molecule has 0 bridgehead atoms. The van der Waals surface area contributed by atoms with Gasteiger partial charge in [-0.15, -0.1) is 6.42 Å². The summed E-state index contributed by atoms with van der Waals surface area (Å²) in [6.07, 6.45) is 5.89. The summed E-state index contributed by atoms with van der Waals surface area (Å²) in [5.74, 6) is 2.38. The van der Waals surface area contributed by atoms with Gasteiger partial charge in [-0.2, -0.15) is 19.2 Å². The number of hydrogen-bond acceptors (Lipinski definition) is 4. The molecule has 1 aromatic heterocycles. The highest BCUT2D eigenvalue weighted by Gasteiger charge is 2.11. The maximum Gasteiger partial charge on any atom is 0.373 e. The van der Waals surface area contributed by atoms with Gasteiger partial charge in [0.1, 0.15) is 5.82 Å². The van der Waals surface area contributed by atoms with Gasteiger partial charge >= 0.3 is 12.3 Å². The van der Waals surface area contributed by atoms with Crippen LogP contribution in [0.25, 0.3) is 11.1 Å². The second-order valence-electron chi connectivity index (χ2n) is 3.94. The van der Waals surface area contributed by atoms with Gasteiger partial charge in [-0.25, -0.2) is 4.39 Å². The molecular weight excluding hydrogens is 289 g/mol. The second kappa shape index (κ2) is 9.62. The minimum absolute atomic E-state index is 0.230. The van der Waals surface area contributed by atoms with Gasteiger partial charge in [-0.1, -0.05) is 18.1 Å². The molecule has 112 valence electrons. The van der Waals surface area contributed by atoms with E-state index in [9.17, 15) is 4.39 Å². The van der Waals surface area contributed by atoms with Crippen molar-refractivity contribution in [3.8, 4) is 23.5 Å². The van der Waals surface area contributed by atoms with Crippen LogP contribution in [0.2, 0.25) is 0 Å². The number of benzene rings is 1. The highest BCUT2D eigenvalue weighted by atomic mass is 19.1. The molecule has 1 N–H and O–H groups in total. The average molecular weight is 301 g/mol. The van der Waals surface area contributed by atoms with Gasteiger partial charge in [0.25, 0.3) is 0 Å². The first-order chi connectivity index (χ1) is 10.5. The smallest absolute Gasteiger partial charge is 0.351 e. The summed E-state index contributed by atoms with van der Waals surface area (Å²) in [7, 11) is 0. The van der Waals surface area contributed by atoms with Gasteiger partial charge in [0.2, 0.25) is 0 Å². The van der Waals surface area contributed by atoms with E-state index in [1.807, 2.05) is 13.8 Å². The van der Waals surface area contributed by atoms with Gasteiger partial charge in [-0.05, 0) is 37.1 Å². The monoisotopic (exact) mass is 301 g/mol. The molecule has 0 amide bonds. The molecule has 6 heteroatoms. The van der Waals surface area contributed by atoms with Crippen LogP contribution in [-0.2, 0) is 19.2 Å². The number of nitrogens with one attached hydrogen (secondary N) is 1. The Morgan fingerprint density at radius 3 is 1.82 bits per heavy atom. The van der Waals surface area contributed by atoms with Crippen molar-refractivity contribution in [1.29, 1.82) is 0 Å². The molecule has 0 fully saturated rings. The Kier molecular flexibility index (Phi) is 8.20. The molecule has 0 radical (unpaired) electrons. The lowest BCUT2D eigenvalue weighted by Crippen LogP contribution is -1.82. The zero-order valence-electron chi connectivity index (χ0n) is 11.9. The van der Waals surface area contributed by atoms with E-state index in [0.717, 1.165) is 28.1 Å². The Morgan fingerprint density at radius 2 is 1.45 bits per heavy atom. The molecule has 0 aliphatic rings. The second-order valence-corrected chi connectivity index (χ2v) is 3.94. The number of aromatic amines is 1. The number of aryl methyl sites for hydroxylation is 1. The van der Waals surface area contributed by atoms with Gasteiger partial charge in [-0.3, -0.25) is 0 Å². The molecule has 0 saturated heterocycles. The minimum atomic E-state index is -0.230. The maximum absolute atomic E-state index is 12.8. The summed E-state index contributed by atoms with van der Waals surface area (Å²) in [5.41, 5.74) is 4.88. The van der Waals surface area contributed by atoms with Crippen LogP contribution in [0, 0.1) is 32.0 Å². The number of carbonyl (C=O) groups excluding carboxylic acids is 4. The largest absolute Gasteiger partial charge is 0.373 e. The summed E-state index contributed by atoms with van der Waals surface area (Å²) in [6, 6.07) is 6.44. The molecule has 0 unspecified atom stereocenters. The van der Waals surface area contributed by atoms with Crippen LogP contribution in [0.15, 0.2) is 24.3 Å². The molecule has 1 heterocycles. The fourth-order valence-electron chi connectivity index (χ4n) is 1.94. The summed E-state index contributed by atoms with van der Waals surface area (Å²) >= 11 is 0. The molecule has 0 aliphatic heterocycles. The molecule has 0 aliphatic carbocycles. The van der Waals surface area contributed by atoms with E-state index < -0.39 is 0 Å². The van der Waals surface area contributed by atoms with Gasteiger partial charge < -0.3 is 4.98 Å². The SMILES string of the molecule is C#Cc1[nH]c(C)c(-c2ccc(F)cc2)c1C.O=C=O.O=C=O. The van der Waals surface area contributed by atoms with Gasteiger partial charge in [0.15, 0.2) is 0 Å². The predicted molar refractivity (Wildman–Crippen MR) is 73.6 cm³/mol. The quantitative estimate of drug-likeness (QED) is 0.819. The first-order valence-electron chi connectivity index (χ1n) is 5.87. The molecular formula is C16H12FNO4. The van der Waals surface area contributed by atoms with Crippen molar-refractivity contribution in [3.05, 3.63) is 47.0 Å². The van der Waals surface area contributed by atoms with Crippen LogP contribution in [-0.4, -0.2) is 17.3 Å².